The van der Waals surface area contributed by atoms with Gasteiger partial charge in [-0.05, 0) is 69.7 Å². The van der Waals surface area contributed by atoms with Gasteiger partial charge in [-0.15, -0.1) is 0 Å². The van der Waals surface area contributed by atoms with Crippen molar-refractivity contribution in [3.63, 3.8) is 0 Å². The van der Waals surface area contributed by atoms with Crippen molar-refractivity contribution in [2.45, 2.75) is 69.9 Å². The molecule has 0 spiro atoms. The first kappa shape index (κ1) is 40.0. The third-order valence-corrected chi connectivity index (χ3v) is 10.9. The highest BCUT2D eigenvalue weighted by Crippen LogP contribution is 2.54. The van der Waals surface area contributed by atoms with Crippen LogP contribution in [0.5, 0.6) is 5.75 Å². The van der Waals surface area contributed by atoms with Gasteiger partial charge in [0.2, 0.25) is 18.5 Å². The molecule has 0 bridgehead atoms. The van der Waals surface area contributed by atoms with Crippen LogP contribution in [0.2, 0.25) is 0 Å². The number of aliphatic hydroxyl groups is 3. The number of phenols is 1. The molecule has 1 fully saturated rings. The molecule has 0 aliphatic heterocycles. The average Bonchev–Trinajstić information content (AvgIpc) is 3.59. The second kappa shape index (κ2) is 15.7. The number of carbonyl (C=O) groups is 6. The number of aliphatic hydroxyl groups excluding tert-OH is 2. The lowest BCUT2D eigenvalue weighted by Gasteiger charge is -2.50. The predicted molar refractivity (Wildman–Crippen MR) is 193 cm³/mol. The molecule has 0 heterocycles. The fourth-order valence-corrected chi connectivity index (χ4v) is 8.41. The summed E-state index contributed by atoms with van der Waals surface area (Å²) >= 11 is 0. The number of nitrogens with two attached hydrogens (primary N) is 1. The number of ether oxygens (including phenoxy) is 2. The van der Waals surface area contributed by atoms with E-state index in [2.05, 4.69) is 5.32 Å². The number of aromatic hydroxyl groups is 1. The van der Waals surface area contributed by atoms with Crippen LogP contribution in [-0.4, -0.2) is 125 Å². The van der Waals surface area contributed by atoms with Crippen molar-refractivity contribution in [2.75, 3.05) is 58.3 Å². The van der Waals surface area contributed by atoms with E-state index in [9.17, 15) is 49.2 Å². The van der Waals surface area contributed by atoms with Crippen LogP contribution in [0.4, 0.5) is 16.2 Å². The van der Waals surface area contributed by atoms with Crippen LogP contribution in [0, 0.1) is 17.8 Å². The zero-order valence-electron chi connectivity index (χ0n) is 31.1. The van der Waals surface area contributed by atoms with Gasteiger partial charge in [-0.1, -0.05) is 19.8 Å². The van der Waals surface area contributed by atoms with Gasteiger partial charge in [0.05, 0.1) is 17.3 Å². The maximum atomic E-state index is 14.3. The van der Waals surface area contributed by atoms with Crippen molar-refractivity contribution >= 4 is 46.8 Å². The average molecular weight is 756 g/mol. The van der Waals surface area contributed by atoms with E-state index in [0.717, 1.165) is 30.6 Å². The number of ketones is 2. The predicted octanol–water partition coefficient (Wildman–Crippen LogP) is 2.05. The molecule has 4 atom stereocenters. The minimum Gasteiger partial charge on any atom is -0.510 e. The van der Waals surface area contributed by atoms with Gasteiger partial charge in [-0.2, -0.15) is 0 Å². The highest BCUT2D eigenvalue weighted by Gasteiger charge is 2.63. The molecule has 7 N–H and O–H groups in total. The van der Waals surface area contributed by atoms with Gasteiger partial charge in [0.15, 0.2) is 17.1 Å². The Labute approximate surface area is 312 Å². The number of hydrogen-bond acceptors (Lipinski definition) is 14. The Kier molecular flexibility index (Phi) is 11.6. The van der Waals surface area contributed by atoms with Gasteiger partial charge in [0.25, 0.3) is 5.91 Å². The molecule has 1 aromatic carbocycles. The molecule has 1 aromatic rings. The smallest absolute Gasteiger partial charge is 0.413 e. The summed E-state index contributed by atoms with van der Waals surface area (Å²) < 4.78 is 10.2. The Morgan fingerprint density at radius 3 is 2.30 bits per heavy atom. The van der Waals surface area contributed by atoms with Crippen LogP contribution in [-0.2, 0) is 35.1 Å². The summed E-state index contributed by atoms with van der Waals surface area (Å²) in [6, 6.07) is 0.329. The Morgan fingerprint density at radius 2 is 1.70 bits per heavy atom. The molecule has 0 saturated heterocycles. The zero-order valence-corrected chi connectivity index (χ0v) is 31.1. The van der Waals surface area contributed by atoms with E-state index in [-0.39, 0.29) is 48.5 Å². The highest BCUT2D eigenvalue weighted by molar-refractivity contribution is 6.25. The van der Waals surface area contributed by atoms with Gasteiger partial charge in [-0.3, -0.25) is 33.8 Å². The molecular weight excluding hydrogens is 706 g/mol. The summed E-state index contributed by atoms with van der Waals surface area (Å²) in [5.74, 6) is -8.88. The number of allylic oxidation sites excluding steroid dienone is 1. The number of anilines is 2. The number of nitrogens with one attached hydrogen (secondary N) is 1. The molecule has 0 aromatic heterocycles. The number of esters is 1. The first-order valence-electron chi connectivity index (χ1n) is 18.0. The summed E-state index contributed by atoms with van der Waals surface area (Å²) in [4.78, 5) is 82.7. The molecule has 1 saturated carbocycles. The van der Waals surface area contributed by atoms with Crippen molar-refractivity contribution in [1.29, 1.82) is 0 Å². The number of primary amides is 1. The fraction of sp³-hybridized carbons (Fsp3) is 0.568. The summed E-state index contributed by atoms with van der Waals surface area (Å²) in [6.07, 6.45) is 3.78. The fourth-order valence-electron chi connectivity index (χ4n) is 8.41. The third kappa shape index (κ3) is 7.21. The SMILES string of the molecule is CCCN(CC(=O)Nc1cc(N(C)C)c2c(c1O)C(=O)C1=C(O)[C@]3(O)C(=O)C(C(N)=O)=C(O)[C@@H](N(C)C)[C@@H]3C[C@@H]1C2)C(=O)OCOC(=O)CC1CCCC1. The van der Waals surface area contributed by atoms with Crippen LogP contribution < -0.4 is 16.0 Å². The Bertz CT molecular complexity index is 1810. The number of benzene rings is 1. The van der Waals surface area contributed by atoms with Crippen LogP contribution in [0.1, 0.15) is 67.8 Å². The van der Waals surface area contributed by atoms with Crippen molar-refractivity contribution in [1.82, 2.24) is 9.80 Å². The number of phenolic OH excluding ortho intramolecular Hbond substituents is 1. The first-order valence-corrected chi connectivity index (χ1v) is 18.0. The highest BCUT2D eigenvalue weighted by atomic mass is 16.7. The molecule has 5 rings (SSSR count). The van der Waals surface area contributed by atoms with Gasteiger partial charge < -0.3 is 45.9 Å². The summed E-state index contributed by atoms with van der Waals surface area (Å²) in [7, 11) is 6.46. The number of fused-ring (bicyclic) bond motifs is 3. The monoisotopic (exact) mass is 755 g/mol. The lowest BCUT2D eigenvalue weighted by Crippen LogP contribution is -2.63. The maximum Gasteiger partial charge on any atom is 0.413 e. The van der Waals surface area contributed by atoms with E-state index in [1.165, 1.54) is 11.0 Å². The molecule has 17 heteroatoms. The number of Topliss-reactive ketones (excluding diaryl/α,β-unsaturated/α-hetero) is 2. The third-order valence-electron chi connectivity index (χ3n) is 10.9. The van der Waals surface area contributed by atoms with E-state index in [0.29, 0.717) is 17.7 Å². The Hall–Kier alpha value is -5.16. The van der Waals surface area contributed by atoms with E-state index in [1.54, 1.807) is 40.0 Å². The van der Waals surface area contributed by atoms with Gasteiger partial charge in [0, 0.05) is 44.2 Å². The van der Waals surface area contributed by atoms with E-state index in [1.807, 2.05) is 0 Å². The molecule has 17 nitrogen and oxygen atoms in total. The quantitative estimate of drug-likeness (QED) is 0.0774. The van der Waals surface area contributed by atoms with Crippen molar-refractivity contribution in [3.05, 3.63) is 39.9 Å². The minimum atomic E-state index is -2.80. The largest absolute Gasteiger partial charge is 0.510 e. The van der Waals surface area contributed by atoms with Crippen molar-refractivity contribution in [3.8, 4) is 5.75 Å². The standard InChI is InChI=1S/C37H49N5O12/c1-6-11-42(36(51)54-17-53-25(44)12-18-9-7-8-10-18)16-24(43)39-22-15-23(40(2)3)20-13-19-14-21-29(41(4)5)32(47)28(35(38)50)34(49)37(21,52)33(48)26(19)31(46)27(20)30(22)45/h15,18-19,21,29,45,47-48,52H,6-14,16-17H2,1-5H3,(H2,38,50)(H,39,43)/t19-,21-,29-,37-/m0/s1. The van der Waals surface area contributed by atoms with Crippen LogP contribution in [0.3, 0.4) is 0 Å². The molecule has 4 aliphatic rings. The van der Waals surface area contributed by atoms with Crippen molar-refractivity contribution in [2.24, 2.45) is 23.5 Å². The lowest BCUT2D eigenvalue weighted by atomic mass is 9.58. The topological polar surface area (TPSA) is 250 Å². The maximum absolute atomic E-state index is 14.3. The minimum absolute atomic E-state index is 0.0468. The molecule has 54 heavy (non-hydrogen) atoms. The second-order valence-corrected chi connectivity index (χ2v) is 14.9. The molecule has 4 aliphatic carbocycles. The number of amides is 3. The lowest BCUT2D eigenvalue weighted by molar-refractivity contribution is -0.153. The number of nitrogens with zero attached hydrogens (tertiary/aromatic N) is 3. The second-order valence-electron chi connectivity index (χ2n) is 14.9. The number of carbonyl (C=O) groups excluding carboxylic acids is 6. The summed E-state index contributed by atoms with van der Waals surface area (Å²) in [5.41, 5.74) is 1.66. The van der Waals surface area contributed by atoms with Crippen LogP contribution >= 0.6 is 0 Å². The zero-order chi connectivity index (χ0) is 39.8. The van der Waals surface area contributed by atoms with Gasteiger partial charge in [-0.25, -0.2) is 4.79 Å². The summed E-state index contributed by atoms with van der Waals surface area (Å²) in [6.45, 7) is 0.746. The molecule has 3 amide bonds. The van der Waals surface area contributed by atoms with E-state index >= 15 is 0 Å². The van der Waals surface area contributed by atoms with Crippen LogP contribution in [0.25, 0.3) is 0 Å². The number of rotatable bonds is 12. The van der Waals surface area contributed by atoms with E-state index in [4.69, 9.17) is 15.2 Å². The number of hydrogen-bond donors (Lipinski definition) is 6. The molecule has 294 valence electrons. The molecular formula is C37H49N5O12. The normalized spacial score (nSPS) is 23.8. The molecule has 0 radical (unpaired) electrons. The Morgan fingerprint density at radius 1 is 1.04 bits per heavy atom. The first-order chi connectivity index (χ1) is 25.4. The van der Waals surface area contributed by atoms with Crippen LogP contribution in [0.15, 0.2) is 28.7 Å². The van der Waals surface area contributed by atoms with Gasteiger partial charge in [0.1, 0.15) is 23.6 Å². The van der Waals surface area contributed by atoms with Crippen molar-refractivity contribution < 1.29 is 58.7 Å². The Balaban J connectivity index is 1.41. The number of likely N-dealkylation sites (N-methyl/N-ethyl adjacent to an activating group) is 1. The molecule has 0 unspecified atom stereocenters. The summed E-state index contributed by atoms with van der Waals surface area (Å²) in [5, 5.41) is 48.6. The van der Waals surface area contributed by atoms with E-state index < -0.39 is 95.1 Å². The van der Waals surface area contributed by atoms with Gasteiger partial charge >= 0.3 is 12.1 Å².